The van der Waals surface area contributed by atoms with Crippen LogP contribution < -0.4 is 4.90 Å². The summed E-state index contributed by atoms with van der Waals surface area (Å²) in [7, 11) is 0. The molecule has 3 N–H and O–H groups in total. The van der Waals surface area contributed by atoms with Gasteiger partial charge in [0.1, 0.15) is 16.4 Å². The van der Waals surface area contributed by atoms with Crippen LogP contribution in [0.5, 0.6) is 0 Å². The molecule has 1 aromatic carbocycles. The fourth-order valence-corrected chi connectivity index (χ4v) is 5.45. The van der Waals surface area contributed by atoms with E-state index in [1.165, 1.54) is 16.2 Å². The number of aliphatic carboxylic acids is 1. The van der Waals surface area contributed by atoms with E-state index in [2.05, 4.69) is 0 Å². The van der Waals surface area contributed by atoms with Crippen LogP contribution in [-0.2, 0) is 22.4 Å². The predicted molar refractivity (Wildman–Crippen MR) is 123 cm³/mol. The quantitative estimate of drug-likeness (QED) is 0.330. The normalized spacial score (nSPS) is 16.8. The van der Waals surface area contributed by atoms with E-state index in [0.29, 0.717) is 12.0 Å². The predicted octanol–water partition coefficient (Wildman–Crippen LogP) is 4.26. The monoisotopic (exact) mass is 466 g/mol. The van der Waals surface area contributed by atoms with Gasteiger partial charge in [-0.25, -0.2) is 9.59 Å². The number of esters is 1. The molecule has 0 unspecified atom stereocenters. The number of nitrogens with zero attached hydrogens (tertiary/aromatic N) is 1. The van der Waals surface area contributed by atoms with Gasteiger partial charge < -0.3 is 14.9 Å². The summed E-state index contributed by atoms with van der Waals surface area (Å²) in [6.45, 7) is 1.84. The minimum Gasteiger partial charge on any atom is -0.505 e. The zero-order valence-electron chi connectivity index (χ0n) is 17.9. The highest BCUT2D eigenvalue weighted by atomic mass is 32.1. The van der Waals surface area contributed by atoms with Gasteiger partial charge in [-0.2, -0.15) is 0 Å². The molecule has 8 nitrogen and oxygen atoms in total. The van der Waals surface area contributed by atoms with Gasteiger partial charge in [0.25, 0.3) is 0 Å². The smallest absolute Gasteiger partial charge is 0.343 e. The maximum Gasteiger partial charge on any atom is 0.343 e. The van der Waals surface area contributed by atoms with Gasteiger partial charge in [-0.1, -0.05) is 30.3 Å². The van der Waals surface area contributed by atoms with E-state index in [0.717, 1.165) is 35.8 Å². The van der Waals surface area contributed by atoms with Crippen LogP contribution in [0.4, 0.5) is 5.00 Å². The highest BCUT2D eigenvalue weighted by Gasteiger charge is 2.41. The number of aryl methyl sites for hydroxylation is 1. The molecule has 170 valence electrons. The van der Waals surface area contributed by atoms with Crippen molar-refractivity contribution in [1.29, 1.82) is 5.41 Å². The Bertz CT molecular complexity index is 1230. The molecule has 33 heavy (non-hydrogen) atoms. The number of allylic oxidation sites excluding steroid dienone is 1. The molecule has 0 spiro atoms. The second-order valence-corrected chi connectivity index (χ2v) is 8.67. The Kier molecular flexibility index (Phi) is 6.15. The maximum atomic E-state index is 12.9. The van der Waals surface area contributed by atoms with Gasteiger partial charge in [-0.3, -0.25) is 15.1 Å². The van der Waals surface area contributed by atoms with Crippen molar-refractivity contribution in [2.24, 2.45) is 0 Å². The second kappa shape index (κ2) is 9.03. The number of ether oxygens (including phenoxy) is 1. The Morgan fingerprint density at radius 3 is 2.55 bits per heavy atom. The third-order valence-electron chi connectivity index (χ3n) is 5.56. The van der Waals surface area contributed by atoms with Gasteiger partial charge >= 0.3 is 11.9 Å². The van der Waals surface area contributed by atoms with Crippen molar-refractivity contribution in [1.82, 2.24) is 0 Å². The van der Waals surface area contributed by atoms with Gasteiger partial charge in [-0.15, -0.1) is 11.3 Å². The Labute approximate surface area is 193 Å². The number of nitrogens with one attached hydrogen (secondary N) is 1. The molecule has 1 aliphatic heterocycles. The molecular weight excluding hydrogens is 444 g/mol. The molecule has 2 aliphatic rings. The largest absolute Gasteiger partial charge is 0.505 e. The number of amidine groups is 1. The number of carboxylic acid groups (broad SMARTS) is 1. The molecule has 0 fully saturated rings. The molecular formula is C24H22N2O6S. The van der Waals surface area contributed by atoms with Crippen LogP contribution in [0, 0.1) is 5.41 Å². The lowest BCUT2D eigenvalue weighted by Crippen LogP contribution is -2.28. The van der Waals surface area contributed by atoms with E-state index in [4.69, 9.17) is 10.1 Å². The minimum absolute atomic E-state index is 0.152. The summed E-state index contributed by atoms with van der Waals surface area (Å²) in [5.41, 5.74) is 0.631. The lowest BCUT2D eigenvalue weighted by Gasteiger charge is -2.20. The number of carbonyl (C=O) groups excluding carboxylic acids is 2. The standard InChI is InChI=1S/C24H22N2O6S/c1-2-32-24(31)18-14-10-6-7-11-17(14)33-22(18)26-15(20(28)19(21(26)25)23(29)30)12-16(27)13-8-4-3-5-9-13/h3-5,8-9,12,25,28H,2,6-7,10-11H2,1H3,(H,29,30)/b15-12+,25-21?. The van der Waals surface area contributed by atoms with Gasteiger partial charge in [-0.05, 0) is 38.2 Å². The molecule has 4 rings (SSSR count). The Morgan fingerprint density at radius 2 is 1.88 bits per heavy atom. The average Bonchev–Trinajstić information content (AvgIpc) is 3.29. The fourth-order valence-electron chi connectivity index (χ4n) is 4.06. The molecule has 2 heterocycles. The summed E-state index contributed by atoms with van der Waals surface area (Å²) in [5, 5.41) is 29.2. The lowest BCUT2D eigenvalue weighted by atomic mass is 9.95. The lowest BCUT2D eigenvalue weighted by molar-refractivity contribution is -0.132. The molecule has 1 aliphatic carbocycles. The van der Waals surface area contributed by atoms with E-state index >= 15 is 0 Å². The highest BCUT2D eigenvalue weighted by molar-refractivity contribution is 7.17. The van der Waals surface area contributed by atoms with E-state index in [9.17, 15) is 24.6 Å². The summed E-state index contributed by atoms with van der Waals surface area (Å²) in [6.07, 6.45) is 4.36. The number of aliphatic hydroxyl groups excluding tert-OH is 1. The van der Waals surface area contributed by atoms with Crippen LogP contribution in [0.1, 0.15) is 50.9 Å². The summed E-state index contributed by atoms with van der Waals surface area (Å²) in [6, 6.07) is 8.31. The Balaban J connectivity index is 1.90. The van der Waals surface area contributed by atoms with Crippen LogP contribution in [0.3, 0.4) is 0 Å². The van der Waals surface area contributed by atoms with Crippen LogP contribution in [0.15, 0.2) is 53.4 Å². The number of carboxylic acids is 1. The zero-order chi connectivity index (χ0) is 23.7. The molecule has 1 aromatic heterocycles. The molecule has 9 heteroatoms. The van der Waals surface area contributed by atoms with Crippen molar-refractivity contribution in [3.05, 3.63) is 75.0 Å². The topological polar surface area (TPSA) is 128 Å². The third kappa shape index (κ3) is 3.95. The van der Waals surface area contributed by atoms with E-state index in [-0.39, 0.29) is 22.9 Å². The van der Waals surface area contributed by atoms with Crippen molar-refractivity contribution in [3.8, 4) is 0 Å². The summed E-state index contributed by atoms with van der Waals surface area (Å²) in [5.74, 6) is -3.76. The maximum absolute atomic E-state index is 12.9. The van der Waals surface area contributed by atoms with Gasteiger partial charge in [0.2, 0.25) is 0 Å². The number of aliphatic hydroxyl groups is 1. The summed E-state index contributed by atoms with van der Waals surface area (Å²) < 4.78 is 5.27. The van der Waals surface area contributed by atoms with E-state index in [1.807, 2.05) is 0 Å². The molecule has 2 aromatic rings. The van der Waals surface area contributed by atoms with Crippen LogP contribution in [-0.4, -0.2) is 40.4 Å². The molecule has 0 bridgehead atoms. The molecule has 0 atom stereocenters. The second-order valence-electron chi connectivity index (χ2n) is 7.58. The first kappa shape index (κ1) is 22.5. The number of hydrogen-bond acceptors (Lipinski definition) is 7. The highest BCUT2D eigenvalue weighted by Crippen LogP contribution is 2.45. The van der Waals surface area contributed by atoms with Gasteiger partial charge in [0.05, 0.1) is 17.9 Å². The third-order valence-corrected chi connectivity index (χ3v) is 6.83. The SMILES string of the molecule is CCOC(=O)c1c(N2C(=N)C(C(=O)O)=C(O)/C2=C\C(=O)c2ccccc2)sc2c1CCCC2. The van der Waals surface area contributed by atoms with Crippen molar-refractivity contribution in [3.63, 3.8) is 0 Å². The van der Waals surface area contributed by atoms with Crippen molar-refractivity contribution in [2.75, 3.05) is 11.5 Å². The first-order valence-corrected chi connectivity index (χ1v) is 11.4. The fraction of sp³-hybridized carbons (Fsp3) is 0.250. The van der Waals surface area contributed by atoms with E-state index in [1.54, 1.807) is 37.3 Å². The van der Waals surface area contributed by atoms with Crippen molar-refractivity contribution in [2.45, 2.75) is 32.6 Å². The van der Waals surface area contributed by atoms with Gasteiger partial charge in [0, 0.05) is 16.5 Å². The first-order valence-electron chi connectivity index (χ1n) is 10.5. The average molecular weight is 467 g/mol. The number of fused-ring (bicyclic) bond motifs is 1. The molecule has 0 saturated heterocycles. The number of carbonyl (C=O) groups is 3. The van der Waals surface area contributed by atoms with Crippen LogP contribution in [0.25, 0.3) is 0 Å². The number of hydrogen-bond donors (Lipinski definition) is 3. The number of benzene rings is 1. The number of rotatable bonds is 6. The number of thiophene rings is 1. The summed E-state index contributed by atoms with van der Waals surface area (Å²) >= 11 is 1.26. The van der Waals surface area contributed by atoms with Crippen LogP contribution in [0.2, 0.25) is 0 Å². The Morgan fingerprint density at radius 1 is 1.18 bits per heavy atom. The van der Waals surface area contributed by atoms with Gasteiger partial charge in [0.15, 0.2) is 11.5 Å². The van der Waals surface area contributed by atoms with Crippen molar-refractivity contribution < 1.29 is 29.3 Å². The zero-order valence-corrected chi connectivity index (χ0v) is 18.7. The van der Waals surface area contributed by atoms with Crippen molar-refractivity contribution >= 4 is 39.9 Å². The number of ketones is 1. The first-order chi connectivity index (χ1) is 15.8. The molecule has 0 saturated carbocycles. The molecule has 0 amide bonds. The van der Waals surface area contributed by atoms with Crippen LogP contribution >= 0.6 is 11.3 Å². The molecule has 0 radical (unpaired) electrons. The van der Waals surface area contributed by atoms with E-state index < -0.39 is 34.9 Å². The number of anilines is 1. The summed E-state index contributed by atoms with van der Waals surface area (Å²) in [4.78, 5) is 39.8. The minimum atomic E-state index is -1.50. The Hall–Kier alpha value is -3.72.